The number of carboxylic acids is 1. The molecule has 0 spiro atoms. The molecule has 0 aliphatic rings. The van der Waals surface area contributed by atoms with Crippen LogP contribution in [-0.4, -0.2) is 37.6 Å². The standard InChI is InChI=1S/C9H5F3N4O3/c10-9(11,12)19-6-3-1-5(2-4-6)16-14-7(8(17)18)13-15-16/h1-4H,(H,17,18). The van der Waals surface area contributed by atoms with E-state index in [-0.39, 0.29) is 5.69 Å². The average molecular weight is 274 g/mol. The fraction of sp³-hybridized carbons (Fsp3) is 0.111. The molecule has 1 aromatic carbocycles. The summed E-state index contributed by atoms with van der Waals surface area (Å²) in [5.41, 5.74) is 0.245. The molecule has 100 valence electrons. The van der Waals surface area contributed by atoms with Gasteiger partial charge in [-0.3, -0.25) is 0 Å². The van der Waals surface area contributed by atoms with Crippen molar-refractivity contribution >= 4 is 5.97 Å². The van der Waals surface area contributed by atoms with Crippen molar-refractivity contribution in [3.05, 3.63) is 30.1 Å². The van der Waals surface area contributed by atoms with Gasteiger partial charge in [-0.05, 0) is 29.5 Å². The fourth-order valence-electron chi connectivity index (χ4n) is 1.19. The lowest BCUT2D eigenvalue weighted by Crippen LogP contribution is -2.17. The van der Waals surface area contributed by atoms with Gasteiger partial charge in [-0.2, -0.15) is 0 Å². The Morgan fingerprint density at radius 2 is 1.89 bits per heavy atom. The monoisotopic (exact) mass is 274 g/mol. The summed E-state index contributed by atoms with van der Waals surface area (Å²) in [5, 5.41) is 18.8. The van der Waals surface area contributed by atoms with Gasteiger partial charge in [0.25, 0.3) is 5.82 Å². The minimum Gasteiger partial charge on any atom is -0.475 e. The average Bonchev–Trinajstić information content (AvgIpc) is 2.77. The second kappa shape index (κ2) is 4.55. The predicted octanol–water partition coefficient (Wildman–Crippen LogP) is 1.26. The van der Waals surface area contributed by atoms with Crippen LogP contribution in [0.4, 0.5) is 13.2 Å². The number of carbonyl (C=O) groups is 1. The summed E-state index contributed by atoms with van der Waals surface area (Å²) < 4.78 is 39.5. The molecular formula is C9H5F3N4O3. The summed E-state index contributed by atoms with van der Waals surface area (Å²) in [7, 11) is 0. The molecule has 19 heavy (non-hydrogen) atoms. The first kappa shape index (κ1) is 12.8. The molecular weight excluding hydrogens is 269 g/mol. The lowest BCUT2D eigenvalue weighted by atomic mass is 10.3. The van der Waals surface area contributed by atoms with E-state index in [0.29, 0.717) is 0 Å². The number of ether oxygens (including phenoxy) is 1. The Morgan fingerprint density at radius 1 is 1.26 bits per heavy atom. The third-order valence-electron chi connectivity index (χ3n) is 1.91. The molecule has 0 unspecified atom stereocenters. The predicted molar refractivity (Wildman–Crippen MR) is 52.8 cm³/mol. The zero-order valence-corrected chi connectivity index (χ0v) is 9.00. The van der Waals surface area contributed by atoms with E-state index < -0.39 is 23.9 Å². The Morgan fingerprint density at radius 3 is 2.37 bits per heavy atom. The van der Waals surface area contributed by atoms with Crippen molar-refractivity contribution in [3.8, 4) is 11.4 Å². The molecule has 2 rings (SSSR count). The first-order valence-electron chi connectivity index (χ1n) is 4.75. The quantitative estimate of drug-likeness (QED) is 0.906. The number of aromatic carboxylic acids is 1. The van der Waals surface area contributed by atoms with Gasteiger partial charge in [0.15, 0.2) is 0 Å². The number of aromatic nitrogens is 4. The van der Waals surface area contributed by atoms with E-state index in [2.05, 4.69) is 20.1 Å². The van der Waals surface area contributed by atoms with Crippen molar-refractivity contribution in [2.24, 2.45) is 0 Å². The molecule has 0 aliphatic heterocycles. The van der Waals surface area contributed by atoms with Crippen LogP contribution in [-0.2, 0) is 0 Å². The number of benzene rings is 1. The van der Waals surface area contributed by atoms with Gasteiger partial charge in [-0.25, -0.2) is 4.79 Å². The van der Waals surface area contributed by atoms with Gasteiger partial charge in [-0.15, -0.1) is 28.2 Å². The zero-order valence-electron chi connectivity index (χ0n) is 9.00. The minimum absolute atomic E-state index is 0.245. The Hall–Kier alpha value is -2.65. The summed E-state index contributed by atoms with van der Waals surface area (Å²) in [6, 6.07) is 4.56. The largest absolute Gasteiger partial charge is 0.573 e. The smallest absolute Gasteiger partial charge is 0.475 e. The highest BCUT2D eigenvalue weighted by Gasteiger charge is 2.31. The number of hydrogen-bond acceptors (Lipinski definition) is 5. The molecule has 0 fully saturated rings. The summed E-state index contributed by atoms with van der Waals surface area (Å²) >= 11 is 0. The zero-order chi connectivity index (χ0) is 14.0. The number of nitrogens with zero attached hydrogens (tertiary/aromatic N) is 4. The Labute approximate surface area is 103 Å². The number of hydrogen-bond donors (Lipinski definition) is 1. The first-order chi connectivity index (χ1) is 8.85. The van der Waals surface area contributed by atoms with E-state index in [9.17, 15) is 18.0 Å². The van der Waals surface area contributed by atoms with Crippen molar-refractivity contribution < 1.29 is 27.8 Å². The Bertz CT molecular complexity index is 594. The number of alkyl halides is 3. The molecule has 1 N–H and O–H groups in total. The van der Waals surface area contributed by atoms with E-state index in [0.717, 1.165) is 16.9 Å². The van der Waals surface area contributed by atoms with Crippen molar-refractivity contribution in [3.63, 3.8) is 0 Å². The molecule has 1 heterocycles. The third-order valence-corrected chi connectivity index (χ3v) is 1.91. The Balaban J connectivity index is 2.20. The molecule has 0 atom stereocenters. The second-order valence-corrected chi connectivity index (χ2v) is 3.25. The molecule has 0 saturated heterocycles. The van der Waals surface area contributed by atoms with Crippen LogP contribution in [0.5, 0.6) is 5.75 Å². The van der Waals surface area contributed by atoms with Gasteiger partial charge in [0, 0.05) is 0 Å². The van der Waals surface area contributed by atoms with Gasteiger partial charge in [0.2, 0.25) is 0 Å². The summed E-state index contributed by atoms with van der Waals surface area (Å²) in [4.78, 5) is 11.4. The second-order valence-electron chi connectivity index (χ2n) is 3.25. The topological polar surface area (TPSA) is 90.1 Å². The summed E-state index contributed by atoms with van der Waals surface area (Å²) in [5.74, 6) is -2.28. The normalized spacial score (nSPS) is 11.3. The number of rotatable bonds is 3. The maximum atomic E-state index is 11.9. The van der Waals surface area contributed by atoms with Crippen LogP contribution in [0.1, 0.15) is 10.6 Å². The number of halogens is 3. The molecule has 0 bridgehead atoms. The molecule has 0 amide bonds. The van der Waals surface area contributed by atoms with Gasteiger partial charge < -0.3 is 9.84 Å². The maximum Gasteiger partial charge on any atom is 0.573 e. The first-order valence-corrected chi connectivity index (χ1v) is 4.75. The molecule has 0 aliphatic carbocycles. The van der Waals surface area contributed by atoms with Crippen LogP contribution in [0.15, 0.2) is 24.3 Å². The molecule has 2 aromatic rings. The Kier molecular flexibility index (Phi) is 3.07. The van der Waals surface area contributed by atoms with E-state index in [1.165, 1.54) is 12.1 Å². The maximum absolute atomic E-state index is 11.9. The van der Waals surface area contributed by atoms with Crippen molar-refractivity contribution in [2.75, 3.05) is 0 Å². The van der Waals surface area contributed by atoms with Crippen LogP contribution in [0.25, 0.3) is 5.69 Å². The van der Waals surface area contributed by atoms with Crippen LogP contribution < -0.4 is 4.74 Å². The number of carboxylic acid groups (broad SMARTS) is 1. The van der Waals surface area contributed by atoms with E-state index in [1.54, 1.807) is 0 Å². The van der Waals surface area contributed by atoms with Crippen LogP contribution in [0.3, 0.4) is 0 Å². The lowest BCUT2D eigenvalue weighted by Gasteiger charge is -2.08. The highest BCUT2D eigenvalue weighted by Crippen LogP contribution is 2.23. The summed E-state index contributed by atoms with van der Waals surface area (Å²) in [6.07, 6.45) is -4.77. The molecule has 1 aromatic heterocycles. The van der Waals surface area contributed by atoms with Gasteiger partial charge in [0.05, 0.1) is 5.69 Å². The van der Waals surface area contributed by atoms with E-state index in [4.69, 9.17) is 5.11 Å². The molecule has 10 heteroatoms. The highest BCUT2D eigenvalue weighted by atomic mass is 19.4. The lowest BCUT2D eigenvalue weighted by molar-refractivity contribution is -0.274. The van der Waals surface area contributed by atoms with E-state index >= 15 is 0 Å². The van der Waals surface area contributed by atoms with Crippen LogP contribution >= 0.6 is 0 Å². The van der Waals surface area contributed by atoms with Crippen LogP contribution in [0, 0.1) is 0 Å². The number of tetrazole rings is 1. The van der Waals surface area contributed by atoms with Crippen molar-refractivity contribution in [1.82, 2.24) is 20.2 Å². The van der Waals surface area contributed by atoms with Crippen molar-refractivity contribution in [1.29, 1.82) is 0 Å². The summed E-state index contributed by atoms with van der Waals surface area (Å²) in [6.45, 7) is 0. The van der Waals surface area contributed by atoms with Crippen LogP contribution in [0.2, 0.25) is 0 Å². The van der Waals surface area contributed by atoms with Crippen molar-refractivity contribution in [2.45, 2.75) is 6.36 Å². The van der Waals surface area contributed by atoms with Gasteiger partial charge in [-0.1, -0.05) is 0 Å². The van der Waals surface area contributed by atoms with E-state index in [1.807, 2.05) is 0 Å². The molecule has 7 nitrogen and oxygen atoms in total. The van der Waals surface area contributed by atoms with Gasteiger partial charge >= 0.3 is 12.3 Å². The fourth-order valence-corrected chi connectivity index (χ4v) is 1.19. The minimum atomic E-state index is -4.77. The molecule has 0 saturated carbocycles. The van der Waals surface area contributed by atoms with Gasteiger partial charge in [0.1, 0.15) is 5.75 Å². The SMILES string of the molecule is O=C(O)c1nnn(-c2ccc(OC(F)(F)F)cc2)n1. The third kappa shape index (κ3) is 3.18. The molecule has 0 radical (unpaired) electrons. The highest BCUT2D eigenvalue weighted by molar-refractivity contribution is 5.82.